The molecule has 4 rings (SSSR count). The number of hydrogen-bond acceptors (Lipinski definition) is 8. The van der Waals surface area contributed by atoms with Crippen molar-refractivity contribution in [2.24, 2.45) is 0 Å². The summed E-state index contributed by atoms with van der Waals surface area (Å²) in [5, 5.41) is 16.6. The van der Waals surface area contributed by atoms with Crippen LogP contribution in [0.3, 0.4) is 0 Å². The summed E-state index contributed by atoms with van der Waals surface area (Å²) in [6.07, 6.45) is 2.50. The Labute approximate surface area is 141 Å². The lowest BCUT2D eigenvalue weighted by molar-refractivity contribution is -0.115. The molecule has 3 N–H and O–H groups in total. The first-order valence-electron chi connectivity index (χ1n) is 7.63. The van der Waals surface area contributed by atoms with Gasteiger partial charge in [-0.2, -0.15) is 9.50 Å². The topological polar surface area (TPSA) is 124 Å². The minimum absolute atomic E-state index is 0.158. The van der Waals surface area contributed by atoms with Crippen LogP contribution in [-0.2, 0) is 11.2 Å². The molecule has 3 aromatic heterocycles. The van der Waals surface area contributed by atoms with Gasteiger partial charge in [-0.15, -0.1) is 15.3 Å². The van der Waals surface area contributed by atoms with Gasteiger partial charge in [-0.1, -0.05) is 11.3 Å². The van der Waals surface area contributed by atoms with Crippen molar-refractivity contribution >= 4 is 34.1 Å². The minimum atomic E-state index is -0.158. The van der Waals surface area contributed by atoms with Crippen molar-refractivity contribution in [3.05, 3.63) is 22.0 Å². The number of carbonyl (C=O) groups is 1. The Morgan fingerprint density at radius 3 is 2.88 bits per heavy atom. The quantitative estimate of drug-likeness (QED) is 0.729. The summed E-state index contributed by atoms with van der Waals surface area (Å²) in [6.45, 7) is 3.71. The first-order valence-corrected chi connectivity index (χ1v) is 8.44. The van der Waals surface area contributed by atoms with Gasteiger partial charge in [0.15, 0.2) is 0 Å². The lowest BCUT2D eigenvalue weighted by Gasteiger charge is -2.09. The van der Waals surface area contributed by atoms with Gasteiger partial charge in [-0.3, -0.25) is 4.79 Å². The lowest BCUT2D eigenvalue weighted by Crippen LogP contribution is -2.17. The Balaban J connectivity index is 1.55. The third-order valence-electron chi connectivity index (χ3n) is 4.02. The summed E-state index contributed by atoms with van der Waals surface area (Å²) in [7, 11) is 0. The van der Waals surface area contributed by atoms with Gasteiger partial charge >= 0.3 is 0 Å². The van der Waals surface area contributed by atoms with Crippen LogP contribution in [0.15, 0.2) is 0 Å². The molecule has 0 aliphatic heterocycles. The number of amides is 1. The molecule has 1 aliphatic carbocycles. The van der Waals surface area contributed by atoms with E-state index in [0.29, 0.717) is 16.8 Å². The molecule has 3 aromatic rings. The molecule has 0 unspecified atom stereocenters. The number of fused-ring (bicyclic) bond motifs is 1. The predicted molar refractivity (Wildman–Crippen MR) is 88.9 cm³/mol. The van der Waals surface area contributed by atoms with Crippen molar-refractivity contribution in [3.8, 4) is 0 Å². The van der Waals surface area contributed by atoms with Gasteiger partial charge in [-0.05, 0) is 26.7 Å². The number of nitrogens with two attached hydrogens (primary N) is 1. The standard InChI is InChI=1S/C14H16N8OS/c1-6-9(7(2)22-13(16-6)18-12(15)21-22)5-10(23)17-14-20-19-11(24-14)8-3-4-8/h8H,3-5H2,1-2H3,(H2,15,21)(H,17,20,23). The van der Waals surface area contributed by atoms with E-state index < -0.39 is 0 Å². The largest absolute Gasteiger partial charge is 0.366 e. The smallest absolute Gasteiger partial charge is 0.254 e. The Kier molecular flexibility index (Phi) is 3.41. The highest BCUT2D eigenvalue weighted by atomic mass is 32.1. The summed E-state index contributed by atoms with van der Waals surface area (Å²) in [6, 6.07) is 0. The van der Waals surface area contributed by atoms with Crippen LogP contribution in [0.25, 0.3) is 5.78 Å². The average Bonchev–Trinajstić information content (AvgIpc) is 3.16. The third kappa shape index (κ3) is 2.68. The fraction of sp³-hybridized carbons (Fsp3) is 0.429. The van der Waals surface area contributed by atoms with E-state index in [4.69, 9.17) is 5.73 Å². The molecule has 0 atom stereocenters. The summed E-state index contributed by atoms with van der Waals surface area (Å²) in [5.74, 6) is 0.967. The summed E-state index contributed by atoms with van der Waals surface area (Å²) in [5.41, 5.74) is 7.95. The summed E-state index contributed by atoms with van der Waals surface area (Å²) in [4.78, 5) is 20.8. The van der Waals surface area contributed by atoms with Gasteiger partial charge in [0, 0.05) is 22.9 Å². The fourth-order valence-electron chi connectivity index (χ4n) is 2.58. The zero-order valence-electron chi connectivity index (χ0n) is 13.3. The maximum Gasteiger partial charge on any atom is 0.254 e. The number of carbonyl (C=O) groups excluding carboxylic acids is 1. The Hall–Kier alpha value is -2.62. The predicted octanol–water partition coefficient (Wildman–Crippen LogP) is 1.23. The third-order valence-corrected chi connectivity index (χ3v) is 5.02. The Morgan fingerprint density at radius 1 is 1.33 bits per heavy atom. The van der Waals surface area contributed by atoms with E-state index in [1.165, 1.54) is 11.3 Å². The molecule has 1 fully saturated rings. The second-order valence-electron chi connectivity index (χ2n) is 5.89. The van der Waals surface area contributed by atoms with Crippen molar-refractivity contribution in [2.45, 2.75) is 39.0 Å². The highest BCUT2D eigenvalue weighted by Crippen LogP contribution is 2.42. The zero-order valence-corrected chi connectivity index (χ0v) is 14.1. The Morgan fingerprint density at radius 2 is 2.12 bits per heavy atom. The minimum Gasteiger partial charge on any atom is -0.366 e. The second kappa shape index (κ2) is 5.48. The van der Waals surface area contributed by atoms with Crippen LogP contribution in [-0.4, -0.2) is 35.7 Å². The molecule has 1 aliphatic rings. The molecule has 24 heavy (non-hydrogen) atoms. The van der Waals surface area contributed by atoms with Crippen LogP contribution in [0.2, 0.25) is 0 Å². The van der Waals surface area contributed by atoms with Crippen molar-refractivity contribution in [1.82, 2.24) is 29.8 Å². The van der Waals surface area contributed by atoms with Gasteiger partial charge in [0.25, 0.3) is 5.78 Å². The van der Waals surface area contributed by atoms with E-state index in [-0.39, 0.29) is 18.3 Å². The van der Waals surface area contributed by atoms with Gasteiger partial charge in [0.1, 0.15) is 5.01 Å². The van der Waals surface area contributed by atoms with Gasteiger partial charge in [0.2, 0.25) is 17.0 Å². The maximum atomic E-state index is 12.4. The normalized spacial score (nSPS) is 14.2. The zero-order chi connectivity index (χ0) is 16.8. The van der Waals surface area contributed by atoms with E-state index in [2.05, 4.69) is 30.6 Å². The number of aromatic nitrogens is 6. The van der Waals surface area contributed by atoms with E-state index in [1.54, 1.807) is 4.52 Å². The molecule has 1 amide bonds. The fourth-order valence-corrected chi connectivity index (χ4v) is 3.51. The Bertz CT molecular complexity index is 942. The number of nitrogen functional groups attached to an aromatic ring is 1. The molecule has 0 saturated heterocycles. The number of anilines is 2. The van der Waals surface area contributed by atoms with Crippen LogP contribution >= 0.6 is 11.3 Å². The molecule has 0 aromatic carbocycles. The van der Waals surface area contributed by atoms with Crippen LogP contribution < -0.4 is 11.1 Å². The summed E-state index contributed by atoms with van der Waals surface area (Å²) >= 11 is 1.44. The van der Waals surface area contributed by atoms with Gasteiger partial charge in [0.05, 0.1) is 6.42 Å². The first kappa shape index (κ1) is 14.9. The number of nitrogens with zero attached hydrogens (tertiary/aromatic N) is 6. The molecule has 3 heterocycles. The first-order chi connectivity index (χ1) is 11.5. The van der Waals surface area contributed by atoms with Crippen LogP contribution in [0.5, 0.6) is 0 Å². The van der Waals surface area contributed by atoms with Crippen molar-refractivity contribution in [3.63, 3.8) is 0 Å². The monoisotopic (exact) mass is 344 g/mol. The molecule has 9 nitrogen and oxygen atoms in total. The molecule has 1 saturated carbocycles. The van der Waals surface area contributed by atoms with Crippen molar-refractivity contribution in [2.75, 3.05) is 11.1 Å². The lowest BCUT2D eigenvalue weighted by atomic mass is 10.1. The summed E-state index contributed by atoms with van der Waals surface area (Å²) < 4.78 is 1.56. The molecular weight excluding hydrogens is 328 g/mol. The SMILES string of the molecule is Cc1nc2nc(N)nn2c(C)c1CC(=O)Nc1nnc(C2CC2)s1. The number of aryl methyl sites for hydroxylation is 2. The van der Waals surface area contributed by atoms with Crippen molar-refractivity contribution in [1.29, 1.82) is 0 Å². The second-order valence-corrected chi connectivity index (χ2v) is 6.90. The van der Waals surface area contributed by atoms with Crippen molar-refractivity contribution < 1.29 is 4.79 Å². The molecule has 124 valence electrons. The van der Waals surface area contributed by atoms with Gasteiger partial charge in [-0.25, -0.2) is 4.98 Å². The van der Waals surface area contributed by atoms with E-state index in [1.807, 2.05) is 13.8 Å². The van der Waals surface area contributed by atoms with E-state index >= 15 is 0 Å². The molecular formula is C14H16N8OS. The maximum absolute atomic E-state index is 12.4. The van der Waals surface area contributed by atoms with Crippen LogP contribution in [0.1, 0.15) is 40.7 Å². The number of hydrogen-bond donors (Lipinski definition) is 2. The van der Waals surface area contributed by atoms with Crippen LogP contribution in [0, 0.1) is 13.8 Å². The van der Waals surface area contributed by atoms with E-state index in [9.17, 15) is 4.79 Å². The highest BCUT2D eigenvalue weighted by Gasteiger charge is 2.27. The number of rotatable bonds is 4. The average molecular weight is 344 g/mol. The van der Waals surface area contributed by atoms with Crippen LogP contribution in [0.4, 0.5) is 11.1 Å². The number of nitrogens with one attached hydrogen (secondary N) is 1. The van der Waals surface area contributed by atoms with Gasteiger partial charge < -0.3 is 11.1 Å². The molecule has 0 radical (unpaired) electrons. The van der Waals surface area contributed by atoms with E-state index in [0.717, 1.165) is 34.8 Å². The highest BCUT2D eigenvalue weighted by molar-refractivity contribution is 7.15. The molecule has 0 spiro atoms. The molecule has 0 bridgehead atoms. The molecule has 10 heteroatoms.